The minimum absolute atomic E-state index is 0.202. The predicted octanol–water partition coefficient (Wildman–Crippen LogP) is -0.165. The summed E-state index contributed by atoms with van der Waals surface area (Å²) in [5, 5.41) is 4.36. The molecule has 0 saturated carbocycles. The number of carbonyl (C=O) groups is 2. The van der Waals surface area contributed by atoms with Crippen LogP contribution in [0, 0.1) is 5.92 Å². The first-order chi connectivity index (χ1) is 14.5. The van der Waals surface area contributed by atoms with E-state index in [4.69, 9.17) is 9.39 Å². The van der Waals surface area contributed by atoms with Crippen LogP contribution in [0.1, 0.15) is 38.5 Å². The molecule has 4 aliphatic heterocycles. The van der Waals surface area contributed by atoms with Crippen LogP contribution in [0.5, 0.6) is 0 Å². The molecule has 3 amide bonds. The molecule has 0 aromatic rings. The van der Waals surface area contributed by atoms with Gasteiger partial charge in [0, 0.05) is 19.1 Å². The molecule has 2 bridgehead atoms. The van der Waals surface area contributed by atoms with E-state index >= 15 is 0 Å². The van der Waals surface area contributed by atoms with E-state index < -0.39 is 23.4 Å². The van der Waals surface area contributed by atoms with Gasteiger partial charge in [-0.05, 0) is 57.7 Å². The molecule has 3 N–H and O–H groups in total. The molecule has 0 aromatic heterocycles. The standard InChI is InChI=1S/C18H31N5O6S/c24-17(16-5-4-15-11-22(16)18(25)23(15)29-30(26)27)20-28-12-14-8-13(9-19-14)10-21-6-2-1-3-7-21/h13-16,19H,1-12H2,(H,20,24)(H,26,27)/t13-,14-,15?,16?/m0/s1. The van der Waals surface area contributed by atoms with Crippen molar-refractivity contribution in [3.8, 4) is 0 Å². The van der Waals surface area contributed by atoms with E-state index in [1.54, 1.807) is 0 Å². The molecule has 12 heteroatoms. The number of nitrogens with one attached hydrogen (secondary N) is 2. The zero-order valence-electron chi connectivity index (χ0n) is 17.0. The number of amides is 3. The van der Waals surface area contributed by atoms with Gasteiger partial charge >= 0.3 is 17.4 Å². The monoisotopic (exact) mass is 445 g/mol. The second-order valence-electron chi connectivity index (χ2n) is 8.64. The number of hydrogen-bond donors (Lipinski definition) is 3. The summed E-state index contributed by atoms with van der Waals surface area (Å²) in [5.74, 6) is 0.226. The van der Waals surface area contributed by atoms with E-state index in [1.165, 1.54) is 37.3 Å². The molecule has 170 valence electrons. The number of likely N-dealkylation sites (tertiary alicyclic amines) is 1. The molecule has 30 heavy (non-hydrogen) atoms. The van der Waals surface area contributed by atoms with E-state index in [0.717, 1.165) is 24.6 Å². The Bertz CT molecular complexity index is 663. The highest BCUT2D eigenvalue weighted by atomic mass is 32.2. The number of carbonyl (C=O) groups excluding carboxylic acids is 2. The Labute approximate surface area is 178 Å². The predicted molar refractivity (Wildman–Crippen MR) is 107 cm³/mol. The van der Waals surface area contributed by atoms with Crippen LogP contribution in [0.3, 0.4) is 0 Å². The van der Waals surface area contributed by atoms with Gasteiger partial charge < -0.3 is 15.1 Å². The van der Waals surface area contributed by atoms with E-state index in [9.17, 15) is 13.8 Å². The van der Waals surface area contributed by atoms with Crippen molar-refractivity contribution in [3.63, 3.8) is 0 Å². The fourth-order valence-electron chi connectivity index (χ4n) is 5.03. The lowest BCUT2D eigenvalue weighted by atomic mass is 10.0. The highest BCUT2D eigenvalue weighted by Gasteiger charge is 2.48. The summed E-state index contributed by atoms with van der Waals surface area (Å²) in [6.07, 6.45) is 5.91. The highest BCUT2D eigenvalue weighted by Crippen LogP contribution is 2.30. The Morgan fingerprint density at radius 1 is 1.27 bits per heavy atom. The molecular weight excluding hydrogens is 414 g/mol. The fourth-order valence-corrected chi connectivity index (χ4v) is 5.35. The minimum Gasteiger partial charge on any atom is -0.311 e. The molecule has 0 aliphatic carbocycles. The molecule has 4 saturated heterocycles. The number of rotatable bonds is 8. The van der Waals surface area contributed by atoms with Crippen LogP contribution in [-0.4, -0.2) is 93.0 Å². The van der Waals surface area contributed by atoms with Gasteiger partial charge in [0.1, 0.15) is 6.04 Å². The molecule has 4 heterocycles. The molecule has 0 spiro atoms. The molecule has 4 fully saturated rings. The number of nitrogens with zero attached hydrogens (tertiary/aromatic N) is 3. The van der Waals surface area contributed by atoms with Crippen LogP contribution < -0.4 is 10.8 Å². The molecule has 0 aromatic carbocycles. The summed E-state index contributed by atoms with van der Waals surface area (Å²) in [6, 6.07) is -1.36. The molecular formula is C18H31N5O6S. The molecule has 4 rings (SSSR count). The summed E-state index contributed by atoms with van der Waals surface area (Å²) in [5.41, 5.74) is 2.48. The Kier molecular flexibility index (Phi) is 7.21. The average molecular weight is 446 g/mol. The summed E-state index contributed by atoms with van der Waals surface area (Å²) < 4.78 is 24.4. The maximum Gasteiger partial charge on any atom is 0.346 e. The van der Waals surface area contributed by atoms with Crippen LogP contribution in [0.2, 0.25) is 0 Å². The topological polar surface area (TPSA) is 124 Å². The smallest absolute Gasteiger partial charge is 0.311 e. The number of piperidine rings is 2. The summed E-state index contributed by atoms with van der Waals surface area (Å²) in [6.45, 7) is 5.14. The van der Waals surface area contributed by atoms with Crippen LogP contribution >= 0.6 is 0 Å². The zero-order valence-corrected chi connectivity index (χ0v) is 17.8. The third kappa shape index (κ3) is 5.11. The maximum atomic E-state index is 12.5. The van der Waals surface area contributed by atoms with Gasteiger partial charge in [-0.25, -0.2) is 10.3 Å². The third-order valence-corrected chi connectivity index (χ3v) is 6.79. The van der Waals surface area contributed by atoms with Crippen LogP contribution in [0.25, 0.3) is 0 Å². The lowest BCUT2D eigenvalue weighted by Gasteiger charge is -2.29. The van der Waals surface area contributed by atoms with E-state index in [2.05, 4.69) is 20.0 Å². The van der Waals surface area contributed by atoms with E-state index in [1.807, 2.05) is 0 Å². The second-order valence-corrected chi connectivity index (χ2v) is 9.23. The van der Waals surface area contributed by atoms with Gasteiger partial charge in [-0.1, -0.05) is 6.42 Å². The molecule has 4 aliphatic rings. The van der Waals surface area contributed by atoms with Crippen LogP contribution in [-0.2, 0) is 25.3 Å². The Morgan fingerprint density at radius 3 is 2.83 bits per heavy atom. The highest BCUT2D eigenvalue weighted by molar-refractivity contribution is 7.74. The van der Waals surface area contributed by atoms with Crippen LogP contribution in [0.15, 0.2) is 0 Å². The Morgan fingerprint density at radius 2 is 2.07 bits per heavy atom. The molecule has 11 nitrogen and oxygen atoms in total. The first kappa shape index (κ1) is 21.9. The van der Waals surface area contributed by atoms with Gasteiger partial charge in [0.25, 0.3) is 5.91 Å². The second kappa shape index (κ2) is 9.88. The normalized spacial score (nSPS) is 33.2. The average Bonchev–Trinajstić information content (AvgIpc) is 3.27. The van der Waals surface area contributed by atoms with Gasteiger partial charge in [-0.3, -0.25) is 14.2 Å². The number of hydrogen-bond acceptors (Lipinski definition) is 7. The van der Waals surface area contributed by atoms with Gasteiger partial charge in [0.2, 0.25) is 0 Å². The van der Waals surface area contributed by atoms with Gasteiger partial charge in [0.15, 0.2) is 0 Å². The van der Waals surface area contributed by atoms with Crippen molar-refractivity contribution >= 4 is 23.3 Å². The minimum atomic E-state index is -2.58. The van der Waals surface area contributed by atoms with Crippen molar-refractivity contribution in [1.29, 1.82) is 0 Å². The van der Waals surface area contributed by atoms with Crippen molar-refractivity contribution in [2.45, 2.75) is 56.7 Å². The van der Waals surface area contributed by atoms with Crippen molar-refractivity contribution in [2.24, 2.45) is 5.92 Å². The zero-order chi connectivity index (χ0) is 21.1. The van der Waals surface area contributed by atoms with Gasteiger partial charge in [-0.15, -0.1) is 4.28 Å². The van der Waals surface area contributed by atoms with Gasteiger partial charge in [-0.2, -0.15) is 9.27 Å². The number of fused-ring (bicyclic) bond motifs is 2. The Balaban J connectivity index is 1.17. The third-order valence-electron chi connectivity index (χ3n) is 6.50. The summed E-state index contributed by atoms with van der Waals surface area (Å²) in [7, 11) is 0. The number of urea groups is 1. The quantitative estimate of drug-likeness (QED) is 0.348. The molecule has 3 unspecified atom stereocenters. The molecule has 5 atom stereocenters. The maximum absolute atomic E-state index is 12.5. The lowest BCUT2D eigenvalue weighted by Crippen LogP contribution is -2.50. The SMILES string of the molecule is O=C(NOC[C@@H]1C[C@H](CN2CCCCC2)CN1)C1CCC2CN1C(=O)N2OS(=O)O. The van der Waals surface area contributed by atoms with E-state index in [0.29, 0.717) is 25.4 Å². The van der Waals surface area contributed by atoms with Crippen molar-refractivity contribution in [3.05, 3.63) is 0 Å². The first-order valence-corrected chi connectivity index (χ1v) is 11.8. The van der Waals surface area contributed by atoms with Crippen LogP contribution in [0.4, 0.5) is 4.79 Å². The fraction of sp³-hybridized carbons (Fsp3) is 0.889. The Hall–Kier alpha value is -1.31. The first-order valence-electron chi connectivity index (χ1n) is 10.8. The molecule has 0 radical (unpaired) electrons. The summed E-state index contributed by atoms with van der Waals surface area (Å²) in [4.78, 5) is 34.3. The van der Waals surface area contributed by atoms with E-state index in [-0.39, 0.29) is 24.5 Å². The van der Waals surface area contributed by atoms with Crippen molar-refractivity contribution < 1.29 is 27.5 Å². The lowest BCUT2D eigenvalue weighted by molar-refractivity contribution is -0.139. The largest absolute Gasteiger partial charge is 0.346 e. The van der Waals surface area contributed by atoms with Crippen molar-refractivity contribution in [2.75, 3.05) is 39.3 Å². The van der Waals surface area contributed by atoms with Gasteiger partial charge in [0.05, 0.1) is 12.6 Å². The number of hydroxylamine groups is 3. The van der Waals surface area contributed by atoms with Crippen molar-refractivity contribution in [1.82, 2.24) is 25.7 Å². The summed E-state index contributed by atoms with van der Waals surface area (Å²) >= 11 is -2.58.